The third-order valence-corrected chi connectivity index (χ3v) is 4.87. The van der Waals surface area contributed by atoms with E-state index in [1.807, 2.05) is 0 Å². The highest BCUT2D eigenvalue weighted by Gasteiger charge is 2.68. The first kappa shape index (κ1) is 21.2. The maximum Gasteiger partial charge on any atom is 0.352 e. The molecule has 5 N–H and O–H groups in total. The number of phenolic OH excluding ortho intramolecular Hbond substituents is 1. The fourth-order valence-electron chi connectivity index (χ4n) is 3.39. The van der Waals surface area contributed by atoms with E-state index in [0.717, 1.165) is 12.0 Å². The SMILES string of the molecule is CO[C@@]1(NC(=O)[C@@H](C(=O)O)c2ccc(O)cc2)C(=O)N2C(C(=O)O)=C(CO)CO[C@@H]21. The number of aliphatic carboxylic acids is 2. The van der Waals surface area contributed by atoms with Gasteiger partial charge in [-0.1, -0.05) is 12.1 Å². The zero-order valence-electron chi connectivity index (χ0n) is 15.6. The summed E-state index contributed by atoms with van der Waals surface area (Å²) >= 11 is 0. The summed E-state index contributed by atoms with van der Waals surface area (Å²) in [6, 6.07) is 4.87. The van der Waals surface area contributed by atoms with Gasteiger partial charge in [0.15, 0.2) is 12.1 Å². The largest absolute Gasteiger partial charge is 0.508 e. The van der Waals surface area contributed by atoms with E-state index in [1.54, 1.807) is 0 Å². The molecule has 3 rings (SSSR count). The normalized spacial score (nSPS) is 24.0. The van der Waals surface area contributed by atoms with Crippen LogP contribution >= 0.6 is 0 Å². The summed E-state index contributed by atoms with van der Waals surface area (Å²) in [5.74, 6) is -6.99. The van der Waals surface area contributed by atoms with Crippen LogP contribution in [0.25, 0.3) is 0 Å². The molecule has 1 aromatic rings. The van der Waals surface area contributed by atoms with Crippen LogP contribution in [0.1, 0.15) is 11.5 Å². The van der Waals surface area contributed by atoms with Crippen molar-refractivity contribution in [2.45, 2.75) is 17.9 Å². The van der Waals surface area contributed by atoms with Crippen LogP contribution < -0.4 is 5.32 Å². The lowest BCUT2D eigenvalue weighted by atomic mass is 9.92. The number of aromatic hydroxyl groups is 1. The van der Waals surface area contributed by atoms with Crippen molar-refractivity contribution in [3.63, 3.8) is 0 Å². The van der Waals surface area contributed by atoms with Gasteiger partial charge < -0.3 is 35.2 Å². The zero-order valence-corrected chi connectivity index (χ0v) is 15.6. The molecule has 0 radical (unpaired) electrons. The first-order chi connectivity index (χ1) is 14.2. The fraction of sp³-hybridized carbons (Fsp3) is 0.333. The predicted molar refractivity (Wildman–Crippen MR) is 94.7 cm³/mol. The lowest BCUT2D eigenvalue weighted by Crippen LogP contribution is -2.82. The van der Waals surface area contributed by atoms with Crippen molar-refractivity contribution in [1.29, 1.82) is 0 Å². The topological polar surface area (TPSA) is 183 Å². The number of carbonyl (C=O) groups is 4. The Bertz CT molecular complexity index is 941. The lowest BCUT2D eigenvalue weighted by Gasteiger charge is -2.55. The predicted octanol–water partition coefficient (Wildman–Crippen LogP) is -1.45. The summed E-state index contributed by atoms with van der Waals surface area (Å²) in [6.07, 6.45) is -1.38. The maximum absolute atomic E-state index is 12.8. The van der Waals surface area contributed by atoms with Crippen LogP contribution in [-0.2, 0) is 28.7 Å². The molecule has 1 saturated heterocycles. The van der Waals surface area contributed by atoms with Crippen molar-refractivity contribution in [3.8, 4) is 5.75 Å². The number of aliphatic hydroxyl groups excluding tert-OH is 1. The molecule has 12 nitrogen and oxygen atoms in total. The van der Waals surface area contributed by atoms with Crippen molar-refractivity contribution < 1.29 is 49.1 Å². The second kappa shape index (κ2) is 7.74. The molecule has 0 aliphatic carbocycles. The molecule has 3 atom stereocenters. The van der Waals surface area contributed by atoms with Crippen LogP contribution in [0, 0.1) is 0 Å². The van der Waals surface area contributed by atoms with Crippen LogP contribution in [0.15, 0.2) is 35.5 Å². The number of benzene rings is 1. The number of hydrogen-bond donors (Lipinski definition) is 5. The second-order valence-electron chi connectivity index (χ2n) is 6.55. The number of nitrogens with zero attached hydrogens (tertiary/aromatic N) is 1. The minimum Gasteiger partial charge on any atom is -0.508 e. The summed E-state index contributed by atoms with van der Waals surface area (Å²) in [7, 11) is 1.07. The lowest BCUT2D eigenvalue weighted by molar-refractivity contribution is -0.258. The third kappa shape index (κ3) is 3.16. The Morgan fingerprint density at radius 2 is 1.93 bits per heavy atom. The van der Waals surface area contributed by atoms with Gasteiger partial charge in [0.05, 0.1) is 13.2 Å². The quantitative estimate of drug-likeness (QED) is 0.198. The molecular formula is C18H18N2O10. The molecular weight excluding hydrogens is 404 g/mol. The summed E-state index contributed by atoms with van der Waals surface area (Å²) in [4.78, 5) is 49.5. The van der Waals surface area contributed by atoms with Gasteiger partial charge in [0.25, 0.3) is 11.6 Å². The highest BCUT2D eigenvalue weighted by atomic mass is 16.6. The number of carboxylic acid groups (broad SMARTS) is 2. The number of carbonyl (C=O) groups excluding carboxylic acids is 2. The number of phenols is 1. The molecule has 0 unspecified atom stereocenters. The van der Waals surface area contributed by atoms with Crippen molar-refractivity contribution in [3.05, 3.63) is 41.1 Å². The van der Waals surface area contributed by atoms with Gasteiger partial charge in [0, 0.05) is 12.7 Å². The summed E-state index contributed by atoms with van der Waals surface area (Å²) in [5.41, 5.74) is -2.65. The van der Waals surface area contributed by atoms with E-state index in [9.17, 15) is 39.6 Å². The van der Waals surface area contributed by atoms with Gasteiger partial charge >= 0.3 is 11.9 Å². The van der Waals surface area contributed by atoms with E-state index in [0.29, 0.717) is 0 Å². The van der Waals surface area contributed by atoms with E-state index in [2.05, 4.69) is 5.32 Å². The van der Waals surface area contributed by atoms with Crippen LogP contribution in [0.5, 0.6) is 5.75 Å². The molecule has 2 amide bonds. The van der Waals surface area contributed by atoms with Crippen molar-refractivity contribution in [2.24, 2.45) is 0 Å². The monoisotopic (exact) mass is 422 g/mol. The molecule has 1 aromatic carbocycles. The van der Waals surface area contributed by atoms with Gasteiger partial charge in [-0.3, -0.25) is 19.3 Å². The Labute approximate surface area is 168 Å². The fourth-order valence-corrected chi connectivity index (χ4v) is 3.39. The number of amides is 2. The van der Waals surface area contributed by atoms with Gasteiger partial charge in [0.1, 0.15) is 11.4 Å². The first-order valence-electron chi connectivity index (χ1n) is 8.58. The minimum absolute atomic E-state index is 0.0333. The number of carboxylic acids is 2. The van der Waals surface area contributed by atoms with Gasteiger partial charge in [-0.15, -0.1) is 0 Å². The molecule has 0 spiro atoms. The maximum atomic E-state index is 12.8. The Balaban J connectivity index is 1.91. The number of fused-ring (bicyclic) bond motifs is 1. The molecule has 0 aromatic heterocycles. The Morgan fingerprint density at radius 1 is 1.30 bits per heavy atom. The van der Waals surface area contributed by atoms with E-state index in [1.165, 1.54) is 24.3 Å². The Kier molecular flexibility index (Phi) is 5.48. The van der Waals surface area contributed by atoms with Crippen LogP contribution in [0.4, 0.5) is 0 Å². The third-order valence-electron chi connectivity index (χ3n) is 4.87. The Hall–Kier alpha value is -3.48. The van der Waals surface area contributed by atoms with Crippen molar-refractivity contribution in [1.82, 2.24) is 10.2 Å². The molecule has 160 valence electrons. The molecule has 2 aliphatic heterocycles. The van der Waals surface area contributed by atoms with E-state index in [4.69, 9.17) is 9.47 Å². The first-order valence-corrected chi connectivity index (χ1v) is 8.58. The highest BCUT2D eigenvalue weighted by molar-refractivity contribution is 6.07. The summed E-state index contributed by atoms with van der Waals surface area (Å²) in [6.45, 7) is -1.000. The molecule has 12 heteroatoms. The van der Waals surface area contributed by atoms with Crippen molar-refractivity contribution in [2.75, 3.05) is 20.3 Å². The molecule has 30 heavy (non-hydrogen) atoms. The summed E-state index contributed by atoms with van der Waals surface area (Å²) < 4.78 is 10.6. The van der Waals surface area contributed by atoms with Crippen molar-refractivity contribution >= 4 is 23.8 Å². The number of rotatable bonds is 7. The molecule has 0 bridgehead atoms. The number of nitrogens with one attached hydrogen (secondary N) is 1. The van der Waals surface area contributed by atoms with Crippen LogP contribution in [0.2, 0.25) is 0 Å². The van der Waals surface area contributed by atoms with E-state index in [-0.39, 0.29) is 23.5 Å². The summed E-state index contributed by atoms with van der Waals surface area (Å²) in [5, 5.41) is 39.8. The Morgan fingerprint density at radius 3 is 2.43 bits per heavy atom. The smallest absolute Gasteiger partial charge is 0.352 e. The van der Waals surface area contributed by atoms with Gasteiger partial charge in [-0.05, 0) is 17.7 Å². The molecule has 2 heterocycles. The molecule has 0 saturated carbocycles. The van der Waals surface area contributed by atoms with Gasteiger partial charge in [-0.2, -0.15) is 0 Å². The molecule has 2 aliphatic rings. The van der Waals surface area contributed by atoms with Gasteiger partial charge in [0.2, 0.25) is 5.91 Å². The van der Waals surface area contributed by atoms with Crippen LogP contribution in [0.3, 0.4) is 0 Å². The standard InChI is InChI=1S/C18H18N2O10/c1-29-18(16(28)20-12(15(26)27)9(6-21)7-30-17(18)20)19-13(23)11(14(24)25)8-2-4-10(22)5-3-8/h2-5,11,17,21-22H,6-7H2,1H3,(H,19,23)(H,24,25)(H,26,27)/t11-,17+,18-/m0/s1. The van der Waals surface area contributed by atoms with Gasteiger partial charge in [-0.25, -0.2) is 4.79 Å². The van der Waals surface area contributed by atoms with Crippen LogP contribution in [-0.4, -0.2) is 81.4 Å². The average Bonchev–Trinajstić information content (AvgIpc) is 2.71. The highest BCUT2D eigenvalue weighted by Crippen LogP contribution is 2.40. The number of aliphatic hydroxyl groups is 1. The number of methoxy groups -OCH3 is 1. The minimum atomic E-state index is -2.15. The second-order valence-corrected chi connectivity index (χ2v) is 6.55. The zero-order chi connectivity index (χ0) is 22.2. The number of hydrogen-bond acceptors (Lipinski definition) is 8. The average molecular weight is 422 g/mol. The van der Waals surface area contributed by atoms with E-state index >= 15 is 0 Å². The van der Waals surface area contributed by atoms with E-state index < -0.39 is 53.9 Å². The number of ether oxygens (including phenoxy) is 2. The molecule has 1 fully saturated rings. The number of β-lactam (4-membered cyclic amide) rings is 1.